The van der Waals surface area contributed by atoms with E-state index < -0.39 is 0 Å². The van der Waals surface area contributed by atoms with Gasteiger partial charge < -0.3 is 5.32 Å². The largest absolute Gasteiger partial charge is 0.352 e. The van der Waals surface area contributed by atoms with Crippen molar-refractivity contribution in [3.63, 3.8) is 0 Å². The zero-order valence-electron chi connectivity index (χ0n) is 14.7. The van der Waals surface area contributed by atoms with Crippen molar-refractivity contribution < 1.29 is 4.79 Å². The summed E-state index contributed by atoms with van der Waals surface area (Å²) in [5.74, 6) is 0.0567. The molecule has 0 atom stereocenters. The second kappa shape index (κ2) is 9.15. The first-order chi connectivity index (χ1) is 12.7. The molecule has 2 aromatic heterocycles. The minimum Gasteiger partial charge on any atom is -0.352 e. The fourth-order valence-corrected chi connectivity index (χ4v) is 3.01. The van der Waals surface area contributed by atoms with Crippen LogP contribution in [0.2, 0.25) is 0 Å². The number of rotatable bonds is 7. The Morgan fingerprint density at radius 1 is 1.00 bits per heavy atom. The van der Waals surface area contributed by atoms with Gasteiger partial charge in [0.25, 0.3) is 0 Å². The molecule has 0 spiro atoms. The topological polar surface area (TPSA) is 54.9 Å². The molecule has 0 saturated heterocycles. The van der Waals surface area contributed by atoms with Crippen LogP contribution in [0.4, 0.5) is 0 Å². The Labute approximate surface area is 158 Å². The summed E-state index contributed by atoms with van der Waals surface area (Å²) in [5.41, 5.74) is 4.11. The number of amides is 1. The second-order valence-corrected chi connectivity index (χ2v) is 6.79. The van der Waals surface area contributed by atoms with Crippen LogP contribution in [0, 0.1) is 0 Å². The molecule has 0 aliphatic carbocycles. The highest BCUT2D eigenvalue weighted by molar-refractivity contribution is 7.98. The molecule has 1 aromatic carbocycles. The van der Waals surface area contributed by atoms with Crippen LogP contribution < -0.4 is 5.32 Å². The molecule has 0 aliphatic rings. The van der Waals surface area contributed by atoms with Crippen molar-refractivity contribution in [2.24, 2.45) is 0 Å². The molecule has 132 valence electrons. The molecule has 4 nitrogen and oxygen atoms in total. The smallest absolute Gasteiger partial charge is 0.220 e. The number of aromatic nitrogens is 2. The van der Waals surface area contributed by atoms with Crippen LogP contribution in [0.15, 0.2) is 72.0 Å². The predicted octanol–water partition coefficient (Wildman–Crippen LogP) is 4.11. The van der Waals surface area contributed by atoms with E-state index in [1.54, 1.807) is 30.4 Å². The monoisotopic (exact) mass is 363 g/mol. The van der Waals surface area contributed by atoms with Gasteiger partial charge in [-0.25, -0.2) is 0 Å². The van der Waals surface area contributed by atoms with Crippen LogP contribution in [0.3, 0.4) is 0 Å². The van der Waals surface area contributed by atoms with Crippen molar-refractivity contribution in [1.29, 1.82) is 0 Å². The summed E-state index contributed by atoms with van der Waals surface area (Å²) >= 11 is 1.72. The molecule has 26 heavy (non-hydrogen) atoms. The Kier molecular flexibility index (Phi) is 6.39. The van der Waals surface area contributed by atoms with Crippen LogP contribution in [0.25, 0.3) is 11.3 Å². The maximum absolute atomic E-state index is 12.1. The molecule has 0 fully saturated rings. The number of nitrogens with zero attached hydrogens (tertiary/aromatic N) is 2. The lowest BCUT2D eigenvalue weighted by Gasteiger charge is -2.07. The van der Waals surface area contributed by atoms with Crippen molar-refractivity contribution >= 4 is 17.7 Å². The first kappa shape index (κ1) is 18.1. The Balaban J connectivity index is 1.51. The van der Waals surface area contributed by atoms with Crippen LogP contribution in [-0.2, 0) is 17.8 Å². The third kappa shape index (κ3) is 5.17. The van der Waals surface area contributed by atoms with Gasteiger partial charge in [0, 0.05) is 42.0 Å². The lowest BCUT2D eigenvalue weighted by atomic mass is 10.1. The summed E-state index contributed by atoms with van der Waals surface area (Å²) < 4.78 is 0. The average Bonchev–Trinajstić information content (AvgIpc) is 2.72. The minimum absolute atomic E-state index is 0.0567. The first-order valence-corrected chi connectivity index (χ1v) is 9.72. The Hall–Kier alpha value is -2.66. The molecule has 1 amide bonds. The van der Waals surface area contributed by atoms with Crippen LogP contribution >= 0.6 is 11.8 Å². The van der Waals surface area contributed by atoms with Gasteiger partial charge in [-0.3, -0.25) is 14.8 Å². The van der Waals surface area contributed by atoms with Gasteiger partial charge >= 0.3 is 0 Å². The van der Waals surface area contributed by atoms with Gasteiger partial charge in [0.15, 0.2) is 0 Å². The van der Waals surface area contributed by atoms with Gasteiger partial charge in [-0.15, -0.1) is 11.8 Å². The van der Waals surface area contributed by atoms with Gasteiger partial charge in [0.1, 0.15) is 0 Å². The highest BCUT2D eigenvalue weighted by atomic mass is 32.2. The van der Waals surface area contributed by atoms with E-state index in [-0.39, 0.29) is 5.91 Å². The number of aryl methyl sites for hydroxylation is 1. The van der Waals surface area contributed by atoms with E-state index in [1.165, 1.54) is 10.5 Å². The summed E-state index contributed by atoms with van der Waals surface area (Å²) in [4.78, 5) is 21.8. The molecule has 0 saturated carbocycles. The summed E-state index contributed by atoms with van der Waals surface area (Å²) in [6.45, 7) is 0.505. The van der Waals surface area contributed by atoms with Crippen molar-refractivity contribution in [3.8, 4) is 11.3 Å². The molecule has 0 unspecified atom stereocenters. The van der Waals surface area contributed by atoms with Crippen molar-refractivity contribution in [2.45, 2.75) is 24.3 Å². The van der Waals surface area contributed by atoms with E-state index in [0.29, 0.717) is 13.0 Å². The van der Waals surface area contributed by atoms with E-state index >= 15 is 0 Å². The lowest BCUT2D eigenvalue weighted by Crippen LogP contribution is -2.23. The van der Waals surface area contributed by atoms with Gasteiger partial charge in [0.05, 0.1) is 5.69 Å². The summed E-state index contributed by atoms with van der Waals surface area (Å²) in [7, 11) is 0. The molecule has 0 radical (unpaired) electrons. The van der Waals surface area contributed by atoms with E-state index in [1.807, 2.05) is 24.3 Å². The lowest BCUT2D eigenvalue weighted by molar-refractivity contribution is -0.121. The Bertz CT molecular complexity index is 851. The first-order valence-electron chi connectivity index (χ1n) is 8.49. The van der Waals surface area contributed by atoms with Crippen molar-refractivity contribution in [1.82, 2.24) is 15.3 Å². The normalized spacial score (nSPS) is 10.5. The molecular weight excluding hydrogens is 342 g/mol. The van der Waals surface area contributed by atoms with Crippen molar-refractivity contribution in [2.75, 3.05) is 6.26 Å². The van der Waals surface area contributed by atoms with E-state index in [4.69, 9.17) is 0 Å². The summed E-state index contributed by atoms with van der Waals surface area (Å²) in [6.07, 6.45) is 8.56. The van der Waals surface area contributed by atoms with Crippen molar-refractivity contribution in [3.05, 3.63) is 78.2 Å². The zero-order valence-corrected chi connectivity index (χ0v) is 15.5. The van der Waals surface area contributed by atoms with Gasteiger partial charge in [0.2, 0.25) is 5.91 Å². The van der Waals surface area contributed by atoms with E-state index in [9.17, 15) is 4.79 Å². The van der Waals surface area contributed by atoms with E-state index in [0.717, 1.165) is 23.2 Å². The average molecular weight is 363 g/mol. The number of hydrogen-bond acceptors (Lipinski definition) is 4. The number of thioether (sulfide) groups is 1. The fraction of sp³-hybridized carbons (Fsp3) is 0.190. The summed E-state index contributed by atoms with van der Waals surface area (Å²) in [5, 5.41) is 2.99. The maximum atomic E-state index is 12.1. The van der Waals surface area contributed by atoms with Gasteiger partial charge in [-0.2, -0.15) is 0 Å². The molecule has 2 heterocycles. The second-order valence-electron chi connectivity index (χ2n) is 5.91. The number of carbonyl (C=O) groups is 1. The highest BCUT2D eigenvalue weighted by Gasteiger charge is 2.05. The molecule has 3 aromatic rings. The maximum Gasteiger partial charge on any atom is 0.220 e. The number of pyridine rings is 2. The molecular formula is C21H21N3OS. The molecule has 0 aliphatic heterocycles. The fourth-order valence-electron chi connectivity index (χ4n) is 2.60. The molecule has 5 heteroatoms. The van der Waals surface area contributed by atoms with Gasteiger partial charge in [-0.1, -0.05) is 12.1 Å². The van der Waals surface area contributed by atoms with Crippen LogP contribution in [-0.4, -0.2) is 22.1 Å². The minimum atomic E-state index is 0.0567. The Morgan fingerprint density at radius 3 is 2.50 bits per heavy atom. The number of benzene rings is 1. The van der Waals surface area contributed by atoms with Crippen LogP contribution in [0.5, 0.6) is 0 Å². The number of hydrogen-bond donors (Lipinski definition) is 1. The van der Waals surface area contributed by atoms with E-state index in [2.05, 4.69) is 45.8 Å². The zero-order chi connectivity index (χ0) is 18.2. The highest BCUT2D eigenvalue weighted by Crippen LogP contribution is 2.17. The standard InChI is InChI=1S/C21H21N3OS/c1-26-19-5-2-16(3-6-19)4-7-21(25)24-15-17-8-13-23-20(14-17)18-9-11-22-12-10-18/h2-3,5-6,8-14H,4,7,15H2,1H3,(H,24,25). The van der Waals surface area contributed by atoms with Gasteiger partial charge in [-0.05, 0) is 60.2 Å². The molecule has 0 bridgehead atoms. The summed E-state index contributed by atoms with van der Waals surface area (Å²) in [6, 6.07) is 16.1. The number of nitrogens with one attached hydrogen (secondary N) is 1. The third-order valence-corrected chi connectivity index (χ3v) is 4.83. The quantitative estimate of drug-likeness (QED) is 0.642. The molecule has 1 N–H and O–H groups in total. The molecule has 3 rings (SSSR count). The third-order valence-electron chi connectivity index (χ3n) is 4.09. The predicted molar refractivity (Wildman–Crippen MR) is 106 cm³/mol. The van der Waals surface area contributed by atoms with Crippen LogP contribution in [0.1, 0.15) is 17.5 Å². The SMILES string of the molecule is CSc1ccc(CCC(=O)NCc2ccnc(-c3ccncc3)c2)cc1. The number of carbonyl (C=O) groups excluding carboxylic acids is 1. The Morgan fingerprint density at radius 2 is 1.77 bits per heavy atom.